The van der Waals surface area contributed by atoms with E-state index in [1.807, 2.05) is 55.5 Å². The third-order valence-corrected chi connectivity index (χ3v) is 5.03. The molecule has 27 heavy (non-hydrogen) atoms. The topological polar surface area (TPSA) is 76.9 Å². The van der Waals surface area contributed by atoms with E-state index in [0.717, 1.165) is 22.4 Å². The Balaban J connectivity index is 1.88. The van der Waals surface area contributed by atoms with Crippen LogP contribution in [0.4, 0.5) is 0 Å². The summed E-state index contributed by atoms with van der Waals surface area (Å²) < 4.78 is 7.63. The van der Waals surface area contributed by atoms with Crippen LogP contribution in [0.2, 0.25) is 5.02 Å². The summed E-state index contributed by atoms with van der Waals surface area (Å²) in [4.78, 5) is 0. The Kier molecular flexibility index (Phi) is 4.35. The van der Waals surface area contributed by atoms with Crippen LogP contribution in [0.25, 0.3) is 0 Å². The fourth-order valence-corrected chi connectivity index (χ4v) is 3.71. The zero-order chi connectivity index (χ0) is 19.0. The Morgan fingerprint density at radius 1 is 1.19 bits per heavy atom. The summed E-state index contributed by atoms with van der Waals surface area (Å²) in [6.45, 7) is 2.45. The van der Waals surface area contributed by atoms with Gasteiger partial charge in [0.1, 0.15) is 11.6 Å². The number of ether oxygens (including phenoxy) is 1. The monoisotopic (exact) mass is 376 g/mol. The number of aromatic nitrogens is 2. The fourth-order valence-electron chi connectivity index (χ4n) is 3.46. The average molecular weight is 377 g/mol. The molecule has 4 rings (SSSR count). The molecule has 0 fully saturated rings. The molecular weight excluding hydrogens is 360 g/mol. The first-order valence-electron chi connectivity index (χ1n) is 8.53. The van der Waals surface area contributed by atoms with Crippen molar-refractivity contribution in [3.05, 3.63) is 93.5 Å². The van der Waals surface area contributed by atoms with E-state index in [1.54, 1.807) is 10.7 Å². The van der Waals surface area contributed by atoms with E-state index in [1.165, 1.54) is 0 Å². The largest absolute Gasteiger partial charge is 0.422 e. The molecule has 2 heterocycles. The number of nitriles is 1. The minimum atomic E-state index is -0.406. The van der Waals surface area contributed by atoms with Gasteiger partial charge in [0.05, 0.1) is 23.7 Å². The lowest BCUT2D eigenvalue weighted by molar-refractivity contribution is 0.352. The summed E-state index contributed by atoms with van der Waals surface area (Å²) in [6.07, 6.45) is 0. The molecule has 0 radical (unpaired) electrons. The van der Waals surface area contributed by atoms with Gasteiger partial charge in [0.15, 0.2) is 0 Å². The highest BCUT2D eigenvalue weighted by atomic mass is 35.5. The molecule has 2 N–H and O–H groups in total. The molecule has 0 spiro atoms. The SMILES string of the molecule is Cc1nn(Cc2ccccc2)c2c1[C@H](c1ccccc1Cl)C(C#N)=C(N)O2. The number of hydrogen-bond acceptors (Lipinski definition) is 4. The highest BCUT2D eigenvalue weighted by Gasteiger charge is 2.36. The zero-order valence-corrected chi connectivity index (χ0v) is 15.4. The maximum atomic E-state index is 9.70. The first-order chi connectivity index (χ1) is 13.1. The smallest absolute Gasteiger partial charge is 0.224 e. The van der Waals surface area contributed by atoms with Crippen LogP contribution < -0.4 is 10.5 Å². The van der Waals surface area contributed by atoms with Gasteiger partial charge in [0, 0.05) is 5.02 Å². The second kappa shape index (κ2) is 6.82. The number of halogens is 1. The van der Waals surface area contributed by atoms with Crippen LogP contribution in [0, 0.1) is 18.3 Å². The average Bonchev–Trinajstić information content (AvgIpc) is 2.97. The molecule has 0 aliphatic carbocycles. The van der Waals surface area contributed by atoms with Gasteiger partial charge in [-0.05, 0) is 24.1 Å². The van der Waals surface area contributed by atoms with Crippen molar-refractivity contribution in [2.45, 2.75) is 19.4 Å². The highest BCUT2D eigenvalue weighted by Crippen LogP contribution is 2.45. The van der Waals surface area contributed by atoms with E-state index in [-0.39, 0.29) is 5.88 Å². The van der Waals surface area contributed by atoms with Gasteiger partial charge in [-0.15, -0.1) is 0 Å². The third-order valence-electron chi connectivity index (χ3n) is 4.69. The van der Waals surface area contributed by atoms with E-state index in [9.17, 15) is 5.26 Å². The summed E-state index contributed by atoms with van der Waals surface area (Å²) in [5.74, 6) is 0.235. The van der Waals surface area contributed by atoms with Crippen molar-refractivity contribution in [2.24, 2.45) is 5.73 Å². The summed E-state index contributed by atoms with van der Waals surface area (Å²) in [6, 6.07) is 19.6. The van der Waals surface area contributed by atoms with Crippen molar-refractivity contribution in [3.8, 4) is 11.9 Å². The Morgan fingerprint density at radius 3 is 2.59 bits per heavy atom. The summed E-state index contributed by atoms with van der Waals surface area (Å²) in [7, 11) is 0. The van der Waals surface area contributed by atoms with Gasteiger partial charge in [-0.25, -0.2) is 4.68 Å². The molecule has 5 nitrogen and oxygen atoms in total. The zero-order valence-electron chi connectivity index (χ0n) is 14.7. The quantitative estimate of drug-likeness (QED) is 0.746. The predicted molar refractivity (Wildman–Crippen MR) is 103 cm³/mol. The van der Waals surface area contributed by atoms with Gasteiger partial charge in [0.25, 0.3) is 0 Å². The van der Waals surface area contributed by atoms with Gasteiger partial charge in [-0.2, -0.15) is 10.4 Å². The van der Waals surface area contributed by atoms with E-state index < -0.39 is 5.92 Å². The molecule has 0 unspecified atom stereocenters. The molecule has 0 bridgehead atoms. The molecule has 1 aliphatic rings. The molecule has 1 atom stereocenters. The lowest BCUT2D eigenvalue weighted by Gasteiger charge is -2.25. The number of fused-ring (bicyclic) bond motifs is 1. The number of nitrogens with two attached hydrogens (primary N) is 1. The highest BCUT2D eigenvalue weighted by molar-refractivity contribution is 6.31. The lowest BCUT2D eigenvalue weighted by atomic mass is 9.84. The van der Waals surface area contributed by atoms with Crippen molar-refractivity contribution >= 4 is 11.6 Å². The van der Waals surface area contributed by atoms with Crippen LogP contribution in [0.15, 0.2) is 66.1 Å². The molecule has 0 amide bonds. The normalized spacial score (nSPS) is 15.8. The first kappa shape index (κ1) is 17.2. The maximum absolute atomic E-state index is 9.70. The van der Waals surface area contributed by atoms with Crippen molar-refractivity contribution in [1.82, 2.24) is 9.78 Å². The number of allylic oxidation sites excluding steroid dienone is 1. The molecule has 134 valence electrons. The summed E-state index contributed by atoms with van der Waals surface area (Å²) >= 11 is 6.44. The molecule has 2 aromatic carbocycles. The standard InChI is InChI=1S/C21H17ClN4O/c1-13-18-19(15-9-5-6-10-17(15)22)16(11-23)20(24)27-21(18)26(25-13)12-14-7-3-2-4-8-14/h2-10,19H,12,24H2,1H3/t19-/m1/s1. The molecule has 0 saturated carbocycles. The summed E-state index contributed by atoms with van der Waals surface area (Å²) in [5.41, 5.74) is 9.96. The van der Waals surface area contributed by atoms with E-state index in [2.05, 4.69) is 11.2 Å². The first-order valence-corrected chi connectivity index (χ1v) is 8.91. The van der Waals surface area contributed by atoms with Crippen LogP contribution in [-0.4, -0.2) is 9.78 Å². The van der Waals surface area contributed by atoms with Crippen LogP contribution in [0.1, 0.15) is 28.3 Å². The molecule has 0 saturated heterocycles. The van der Waals surface area contributed by atoms with Gasteiger partial charge < -0.3 is 10.5 Å². The maximum Gasteiger partial charge on any atom is 0.224 e. The number of hydrogen-bond donors (Lipinski definition) is 1. The number of rotatable bonds is 3. The molecule has 1 aliphatic heterocycles. The Labute approximate surface area is 162 Å². The molecule has 6 heteroatoms. The Bertz CT molecular complexity index is 1080. The minimum Gasteiger partial charge on any atom is -0.422 e. The van der Waals surface area contributed by atoms with Gasteiger partial charge in [-0.3, -0.25) is 0 Å². The van der Waals surface area contributed by atoms with Crippen LogP contribution in [-0.2, 0) is 6.54 Å². The predicted octanol–water partition coefficient (Wildman–Crippen LogP) is 4.11. The third kappa shape index (κ3) is 2.94. The van der Waals surface area contributed by atoms with Gasteiger partial charge >= 0.3 is 0 Å². The van der Waals surface area contributed by atoms with E-state index in [4.69, 9.17) is 22.1 Å². The second-order valence-electron chi connectivity index (χ2n) is 6.39. The minimum absolute atomic E-state index is 0.0872. The van der Waals surface area contributed by atoms with Crippen LogP contribution in [0.3, 0.4) is 0 Å². The molecule has 1 aromatic heterocycles. The van der Waals surface area contributed by atoms with E-state index in [0.29, 0.717) is 23.0 Å². The fraction of sp³-hybridized carbons (Fsp3) is 0.143. The Morgan fingerprint density at radius 2 is 1.89 bits per heavy atom. The second-order valence-corrected chi connectivity index (χ2v) is 6.80. The van der Waals surface area contributed by atoms with Gasteiger partial charge in [0.2, 0.25) is 11.8 Å². The van der Waals surface area contributed by atoms with Crippen molar-refractivity contribution < 1.29 is 4.74 Å². The number of aryl methyl sites for hydroxylation is 1. The van der Waals surface area contributed by atoms with Crippen molar-refractivity contribution in [3.63, 3.8) is 0 Å². The molecule has 3 aromatic rings. The van der Waals surface area contributed by atoms with Gasteiger partial charge in [-0.1, -0.05) is 60.1 Å². The van der Waals surface area contributed by atoms with Crippen LogP contribution >= 0.6 is 11.6 Å². The lowest BCUT2D eigenvalue weighted by Crippen LogP contribution is -2.22. The van der Waals surface area contributed by atoms with Crippen molar-refractivity contribution in [2.75, 3.05) is 0 Å². The van der Waals surface area contributed by atoms with Crippen LogP contribution in [0.5, 0.6) is 5.88 Å². The summed E-state index contributed by atoms with van der Waals surface area (Å²) in [5, 5.41) is 14.9. The molecular formula is C21H17ClN4O. The Hall–Kier alpha value is -3.23. The number of nitrogens with zero attached hydrogens (tertiary/aromatic N) is 3. The van der Waals surface area contributed by atoms with Crippen molar-refractivity contribution in [1.29, 1.82) is 5.26 Å². The number of benzene rings is 2. The van der Waals surface area contributed by atoms with E-state index >= 15 is 0 Å².